The van der Waals surface area contributed by atoms with Gasteiger partial charge in [-0.05, 0) is 38.1 Å². The van der Waals surface area contributed by atoms with E-state index in [9.17, 15) is 5.11 Å². The summed E-state index contributed by atoms with van der Waals surface area (Å²) in [7, 11) is 0. The van der Waals surface area contributed by atoms with Gasteiger partial charge in [0.2, 0.25) is 0 Å². The van der Waals surface area contributed by atoms with Gasteiger partial charge in [-0.2, -0.15) is 0 Å². The second-order valence-corrected chi connectivity index (χ2v) is 3.90. The van der Waals surface area contributed by atoms with Crippen LogP contribution in [0.5, 0.6) is 0 Å². The highest BCUT2D eigenvalue weighted by atomic mass is 16.3. The van der Waals surface area contributed by atoms with Crippen molar-refractivity contribution >= 4 is 0 Å². The molecule has 0 spiro atoms. The van der Waals surface area contributed by atoms with Crippen molar-refractivity contribution in [1.29, 1.82) is 0 Å². The van der Waals surface area contributed by atoms with Gasteiger partial charge in [0.15, 0.2) is 0 Å². The molecule has 1 aliphatic rings. The van der Waals surface area contributed by atoms with Crippen LogP contribution in [0.25, 0.3) is 0 Å². The molecule has 0 amide bonds. The van der Waals surface area contributed by atoms with Crippen LogP contribution in [-0.4, -0.2) is 36.2 Å². The van der Waals surface area contributed by atoms with Crippen molar-refractivity contribution < 1.29 is 9.52 Å². The van der Waals surface area contributed by atoms with Crippen LogP contribution in [0.3, 0.4) is 0 Å². The summed E-state index contributed by atoms with van der Waals surface area (Å²) in [4.78, 5) is 2.39. The Hall–Kier alpha value is -0.800. The van der Waals surface area contributed by atoms with E-state index in [0.29, 0.717) is 0 Å². The molecule has 0 aliphatic carbocycles. The molecule has 1 aromatic heterocycles. The first kappa shape index (κ1) is 9.74. The van der Waals surface area contributed by atoms with Crippen molar-refractivity contribution in [2.24, 2.45) is 0 Å². The second kappa shape index (κ2) is 4.62. The van der Waals surface area contributed by atoms with Crippen molar-refractivity contribution in [3.05, 3.63) is 24.2 Å². The van der Waals surface area contributed by atoms with Gasteiger partial charge in [0.25, 0.3) is 0 Å². The Morgan fingerprint density at radius 1 is 1.43 bits per heavy atom. The molecule has 78 valence electrons. The van der Waals surface area contributed by atoms with Crippen molar-refractivity contribution in [1.82, 2.24) is 4.90 Å². The van der Waals surface area contributed by atoms with Gasteiger partial charge in [0.05, 0.1) is 18.8 Å². The van der Waals surface area contributed by atoms with Crippen LogP contribution in [-0.2, 0) is 0 Å². The Bertz CT molecular complexity index is 252. The lowest BCUT2D eigenvalue weighted by Gasteiger charge is -2.19. The zero-order valence-electron chi connectivity index (χ0n) is 8.35. The summed E-state index contributed by atoms with van der Waals surface area (Å²) in [5, 5.41) is 9.27. The maximum Gasteiger partial charge on any atom is 0.110 e. The largest absolute Gasteiger partial charge is 0.469 e. The van der Waals surface area contributed by atoms with E-state index in [1.165, 1.54) is 12.8 Å². The third kappa shape index (κ3) is 2.16. The summed E-state index contributed by atoms with van der Waals surface area (Å²) in [5.41, 5.74) is 0. The quantitative estimate of drug-likeness (QED) is 0.790. The molecule has 1 aromatic rings. The van der Waals surface area contributed by atoms with Gasteiger partial charge < -0.3 is 14.4 Å². The smallest absolute Gasteiger partial charge is 0.110 e. The molecule has 1 saturated heterocycles. The lowest BCUT2D eigenvalue weighted by atomic mass is 10.1. The van der Waals surface area contributed by atoms with E-state index in [1.54, 1.807) is 6.26 Å². The molecule has 0 aromatic carbocycles. The maximum absolute atomic E-state index is 9.27. The molecule has 14 heavy (non-hydrogen) atoms. The molecule has 3 nitrogen and oxygen atoms in total. The van der Waals surface area contributed by atoms with Gasteiger partial charge >= 0.3 is 0 Å². The van der Waals surface area contributed by atoms with Crippen LogP contribution in [0.4, 0.5) is 0 Å². The zero-order chi connectivity index (χ0) is 9.80. The van der Waals surface area contributed by atoms with Gasteiger partial charge in [-0.15, -0.1) is 0 Å². The summed E-state index contributed by atoms with van der Waals surface area (Å²) in [6, 6.07) is 3.82. The minimum Gasteiger partial charge on any atom is -0.469 e. The molecule has 2 heterocycles. The highest BCUT2D eigenvalue weighted by Crippen LogP contribution is 2.19. The van der Waals surface area contributed by atoms with Crippen LogP contribution >= 0.6 is 0 Å². The number of nitrogens with zero attached hydrogens (tertiary/aromatic N) is 1. The van der Waals surface area contributed by atoms with Gasteiger partial charge in [0.1, 0.15) is 5.76 Å². The second-order valence-electron chi connectivity index (χ2n) is 3.90. The minimum absolute atomic E-state index is 0.142. The molecule has 1 atom stereocenters. The summed E-state index contributed by atoms with van der Waals surface area (Å²) in [6.45, 7) is 3.42. The number of rotatable bonds is 4. The summed E-state index contributed by atoms with van der Waals surface area (Å²) in [6.07, 6.45) is 4.24. The normalized spacial score (nSPS) is 20.1. The minimum atomic E-state index is 0.142. The SMILES string of the molecule is OCC(CN1CCCC1)c1ccco1. The van der Waals surface area contributed by atoms with E-state index in [4.69, 9.17) is 4.42 Å². The lowest BCUT2D eigenvalue weighted by Crippen LogP contribution is -2.27. The Labute approximate surface area is 84.3 Å². The Morgan fingerprint density at radius 2 is 2.21 bits per heavy atom. The van der Waals surface area contributed by atoms with Crippen molar-refractivity contribution in [2.75, 3.05) is 26.2 Å². The number of hydrogen-bond donors (Lipinski definition) is 1. The predicted octanol–water partition coefficient (Wildman–Crippen LogP) is 1.45. The van der Waals surface area contributed by atoms with Gasteiger partial charge in [-0.1, -0.05) is 0 Å². The van der Waals surface area contributed by atoms with Gasteiger partial charge in [0, 0.05) is 6.54 Å². The number of aliphatic hydroxyl groups is 1. The number of aliphatic hydroxyl groups excluding tert-OH is 1. The maximum atomic E-state index is 9.27. The van der Waals surface area contributed by atoms with E-state index in [0.717, 1.165) is 25.4 Å². The van der Waals surface area contributed by atoms with Crippen molar-refractivity contribution in [3.63, 3.8) is 0 Å². The van der Waals surface area contributed by atoms with Gasteiger partial charge in [-0.25, -0.2) is 0 Å². The number of furan rings is 1. The Balaban J connectivity index is 1.93. The number of likely N-dealkylation sites (tertiary alicyclic amines) is 1. The molecule has 2 rings (SSSR count). The molecule has 0 saturated carbocycles. The van der Waals surface area contributed by atoms with Crippen LogP contribution < -0.4 is 0 Å². The molecule has 1 aliphatic heterocycles. The zero-order valence-corrected chi connectivity index (χ0v) is 8.35. The standard InChI is InChI=1S/C11H17NO2/c13-9-10(11-4-3-7-14-11)8-12-5-1-2-6-12/h3-4,7,10,13H,1-2,5-6,8-9H2. The van der Waals surface area contributed by atoms with Gasteiger partial charge in [-0.3, -0.25) is 0 Å². The fourth-order valence-electron chi connectivity index (χ4n) is 2.04. The Kier molecular flexibility index (Phi) is 3.22. The average molecular weight is 195 g/mol. The fourth-order valence-corrected chi connectivity index (χ4v) is 2.04. The molecule has 1 unspecified atom stereocenters. The first-order chi connectivity index (χ1) is 6.90. The van der Waals surface area contributed by atoms with Crippen LogP contribution in [0, 0.1) is 0 Å². The van der Waals surface area contributed by atoms with Crippen molar-refractivity contribution in [2.45, 2.75) is 18.8 Å². The number of hydrogen-bond acceptors (Lipinski definition) is 3. The van der Waals surface area contributed by atoms with Crippen LogP contribution in [0.1, 0.15) is 24.5 Å². The molecule has 1 N–H and O–H groups in total. The molecule has 3 heteroatoms. The van der Waals surface area contributed by atoms with E-state index in [1.807, 2.05) is 12.1 Å². The molecule has 0 bridgehead atoms. The van der Waals surface area contributed by atoms with E-state index >= 15 is 0 Å². The predicted molar refractivity (Wildman–Crippen MR) is 54.2 cm³/mol. The summed E-state index contributed by atoms with van der Waals surface area (Å²) in [5.74, 6) is 1.04. The highest BCUT2D eigenvalue weighted by molar-refractivity contribution is 5.06. The molecular weight excluding hydrogens is 178 g/mol. The molecule has 1 fully saturated rings. The Morgan fingerprint density at radius 3 is 2.79 bits per heavy atom. The van der Waals surface area contributed by atoms with Crippen LogP contribution in [0.2, 0.25) is 0 Å². The summed E-state index contributed by atoms with van der Waals surface area (Å²) >= 11 is 0. The third-order valence-corrected chi connectivity index (χ3v) is 2.84. The van der Waals surface area contributed by atoms with Crippen LogP contribution in [0.15, 0.2) is 22.8 Å². The first-order valence-corrected chi connectivity index (χ1v) is 5.27. The summed E-state index contributed by atoms with van der Waals surface area (Å²) < 4.78 is 5.31. The first-order valence-electron chi connectivity index (χ1n) is 5.27. The highest BCUT2D eigenvalue weighted by Gasteiger charge is 2.19. The van der Waals surface area contributed by atoms with E-state index < -0.39 is 0 Å². The van der Waals surface area contributed by atoms with Crippen molar-refractivity contribution in [3.8, 4) is 0 Å². The van der Waals surface area contributed by atoms with E-state index in [2.05, 4.69) is 4.90 Å². The lowest BCUT2D eigenvalue weighted by molar-refractivity contribution is 0.205. The third-order valence-electron chi connectivity index (χ3n) is 2.84. The molecular formula is C11H17NO2. The monoisotopic (exact) mass is 195 g/mol. The fraction of sp³-hybridized carbons (Fsp3) is 0.636. The topological polar surface area (TPSA) is 36.6 Å². The molecule has 0 radical (unpaired) electrons. The van der Waals surface area contributed by atoms with E-state index in [-0.39, 0.29) is 12.5 Å². The average Bonchev–Trinajstić information content (AvgIpc) is 2.86.